The molecule has 1 aromatic heterocycles. The van der Waals surface area contributed by atoms with Gasteiger partial charge < -0.3 is 9.26 Å². The van der Waals surface area contributed by atoms with Crippen LogP contribution in [0.15, 0.2) is 4.52 Å². The first-order valence-electron chi connectivity index (χ1n) is 4.76. The zero-order chi connectivity index (χ0) is 9.97. The molecule has 1 unspecified atom stereocenters. The van der Waals surface area contributed by atoms with Gasteiger partial charge in [-0.1, -0.05) is 5.16 Å². The molecule has 1 fully saturated rings. The Morgan fingerprint density at radius 1 is 1.64 bits per heavy atom. The summed E-state index contributed by atoms with van der Waals surface area (Å²) in [7, 11) is 1.68. The summed E-state index contributed by atoms with van der Waals surface area (Å²) in [6.45, 7) is 0. The van der Waals surface area contributed by atoms with Gasteiger partial charge in [-0.05, 0) is 18.8 Å². The van der Waals surface area contributed by atoms with Crippen LogP contribution in [0.1, 0.15) is 30.7 Å². The number of alkyl halides is 1. The molecule has 0 aromatic carbocycles. The van der Waals surface area contributed by atoms with Crippen molar-refractivity contribution in [3.05, 3.63) is 11.7 Å². The second-order valence-corrected chi connectivity index (χ2v) is 3.86. The first-order valence-corrected chi connectivity index (χ1v) is 5.30. The van der Waals surface area contributed by atoms with Gasteiger partial charge in [0.2, 0.25) is 11.7 Å². The first kappa shape index (κ1) is 9.93. The fourth-order valence-electron chi connectivity index (χ4n) is 1.47. The van der Waals surface area contributed by atoms with Gasteiger partial charge in [-0.3, -0.25) is 0 Å². The molecule has 0 N–H and O–H groups in total. The molecule has 1 aromatic rings. The lowest BCUT2D eigenvalue weighted by molar-refractivity contribution is 0.0751. The van der Waals surface area contributed by atoms with Crippen LogP contribution in [-0.4, -0.2) is 23.1 Å². The van der Waals surface area contributed by atoms with E-state index in [1.807, 2.05) is 0 Å². The summed E-state index contributed by atoms with van der Waals surface area (Å²) in [4.78, 5) is 4.25. The SMILES string of the molecule is COC(c1noc(CCCl)n1)C1CC1. The standard InChI is InChI=1S/C9H13ClN2O2/c1-13-8(6-2-3-6)9-11-7(4-5-10)14-12-9/h6,8H,2-5H2,1H3. The van der Waals surface area contributed by atoms with Crippen LogP contribution >= 0.6 is 11.6 Å². The quantitative estimate of drug-likeness (QED) is 0.706. The Bertz CT molecular complexity index is 299. The van der Waals surface area contributed by atoms with Gasteiger partial charge in [0.05, 0.1) is 0 Å². The third-order valence-corrected chi connectivity index (χ3v) is 2.54. The molecule has 0 aliphatic heterocycles. The Morgan fingerprint density at radius 3 is 3.00 bits per heavy atom. The highest BCUT2D eigenvalue weighted by molar-refractivity contribution is 6.17. The number of hydrogen-bond donors (Lipinski definition) is 0. The van der Waals surface area contributed by atoms with Gasteiger partial charge in [-0.25, -0.2) is 0 Å². The predicted molar refractivity (Wildman–Crippen MR) is 51.2 cm³/mol. The molecule has 1 aliphatic rings. The number of methoxy groups -OCH3 is 1. The van der Waals surface area contributed by atoms with E-state index >= 15 is 0 Å². The topological polar surface area (TPSA) is 48.2 Å². The van der Waals surface area contributed by atoms with Crippen LogP contribution in [0.2, 0.25) is 0 Å². The summed E-state index contributed by atoms with van der Waals surface area (Å²) in [5.41, 5.74) is 0. The minimum absolute atomic E-state index is 0.00262. The summed E-state index contributed by atoms with van der Waals surface area (Å²) in [5.74, 6) is 2.33. The maximum absolute atomic E-state index is 5.57. The lowest BCUT2D eigenvalue weighted by Crippen LogP contribution is -2.05. The normalized spacial score (nSPS) is 18.4. The molecule has 4 nitrogen and oxygen atoms in total. The van der Waals surface area contributed by atoms with Crippen LogP contribution in [-0.2, 0) is 11.2 Å². The van der Waals surface area contributed by atoms with Gasteiger partial charge in [0.1, 0.15) is 6.10 Å². The van der Waals surface area contributed by atoms with E-state index in [1.165, 1.54) is 12.8 Å². The van der Waals surface area contributed by atoms with Crippen molar-refractivity contribution in [2.75, 3.05) is 13.0 Å². The number of aryl methyl sites for hydroxylation is 1. The van der Waals surface area contributed by atoms with Gasteiger partial charge in [0, 0.05) is 19.4 Å². The van der Waals surface area contributed by atoms with Crippen LogP contribution < -0.4 is 0 Å². The van der Waals surface area contributed by atoms with Crippen molar-refractivity contribution in [1.29, 1.82) is 0 Å². The molecule has 78 valence electrons. The van der Waals surface area contributed by atoms with Crippen LogP contribution in [0.5, 0.6) is 0 Å². The molecule has 0 amide bonds. The molecule has 0 radical (unpaired) electrons. The Hall–Kier alpha value is -0.610. The molecule has 1 atom stereocenters. The number of aromatic nitrogens is 2. The van der Waals surface area contributed by atoms with Gasteiger partial charge in [0.15, 0.2) is 0 Å². The number of ether oxygens (including phenoxy) is 1. The Morgan fingerprint density at radius 2 is 2.43 bits per heavy atom. The van der Waals surface area contributed by atoms with E-state index in [2.05, 4.69) is 10.1 Å². The number of rotatable bonds is 5. The summed E-state index contributed by atoms with van der Waals surface area (Å²) in [6.07, 6.45) is 3.01. The second kappa shape index (κ2) is 4.28. The van der Waals surface area contributed by atoms with E-state index in [-0.39, 0.29) is 6.10 Å². The molecule has 1 heterocycles. The maximum atomic E-state index is 5.57. The summed E-state index contributed by atoms with van der Waals surface area (Å²) in [5, 5.41) is 3.90. The Balaban J connectivity index is 2.05. The molecule has 1 aliphatic carbocycles. The average Bonchev–Trinajstić information content (AvgIpc) is 2.90. The number of halogens is 1. The smallest absolute Gasteiger partial charge is 0.227 e. The Labute approximate surface area is 87.6 Å². The van der Waals surface area contributed by atoms with Crippen LogP contribution in [0, 0.1) is 5.92 Å². The van der Waals surface area contributed by atoms with Crippen LogP contribution in [0.4, 0.5) is 0 Å². The van der Waals surface area contributed by atoms with Crippen molar-refractivity contribution in [3.63, 3.8) is 0 Å². The highest BCUT2D eigenvalue weighted by Crippen LogP contribution is 2.41. The average molecular weight is 217 g/mol. The molecule has 0 saturated heterocycles. The summed E-state index contributed by atoms with van der Waals surface area (Å²) in [6, 6.07) is 0. The lowest BCUT2D eigenvalue weighted by Gasteiger charge is -2.07. The van der Waals surface area contributed by atoms with E-state index in [0.29, 0.717) is 29.9 Å². The molecule has 5 heteroatoms. The van der Waals surface area contributed by atoms with Gasteiger partial charge in [-0.2, -0.15) is 4.98 Å². The molecule has 2 rings (SSSR count). The lowest BCUT2D eigenvalue weighted by atomic mass is 10.2. The number of nitrogens with zero attached hydrogens (tertiary/aromatic N) is 2. The largest absolute Gasteiger partial charge is 0.373 e. The zero-order valence-electron chi connectivity index (χ0n) is 8.07. The van der Waals surface area contributed by atoms with Crippen molar-refractivity contribution < 1.29 is 9.26 Å². The highest BCUT2D eigenvalue weighted by atomic mass is 35.5. The van der Waals surface area contributed by atoms with Crippen molar-refractivity contribution in [1.82, 2.24) is 10.1 Å². The molecular formula is C9H13ClN2O2. The molecule has 0 bridgehead atoms. The predicted octanol–water partition coefficient (Wildman–Crippen LogP) is 1.95. The van der Waals surface area contributed by atoms with E-state index in [9.17, 15) is 0 Å². The maximum Gasteiger partial charge on any atom is 0.227 e. The fraction of sp³-hybridized carbons (Fsp3) is 0.778. The molecule has 0 spiro atoms. The van der Waals surface area contributed by atoms with Crippen LogP contribution in [0.25, 0.3) is 0 Å². The summed E-state index contributed by atoms with van der Waals surface area (Å²) < 4.78 is 10.4. The molecule has 14 heavy (non-hydrogen) atoms. The van der Waals surface area contributed by atoms with Gasteiger partial charge in [-0.15, -0.1) is 11.6 Å². The van der Waals surface area contributed by atoms with Crippen molar-refractivity contribution in [2.24, 2.45) is 5.92 Å². The van der Waals surface area contributed by atoms with Gasteiger partial charge >= 0.3 is 0 Å². The third kappa shape index (κ3) is 2.07. The van der Waals surface area contributed by atoms with E-state index in [0.717, 1.165) is 0 Å². The molecular weight excluding hydrogens is 204 g/mol. The molecule has 1 saturated carbocycles. The van der Waals surface area contributed by atoms with Crippen molar-refractivity contribution in [2.45, 2.75) is 25.4 Å². The Kier molecular flexibility index (Phi) is 3.03. The first-order chi connectivity index (χ1) is 6.85. The number of hydrogen-bond acceptors (Lipinski definition) is 4. The minimum atomic E-state index is 0.00262. The van der Waals surface area contributed by atoms with Crippen molar-refractivity contribution >= 4 is 11.6 Å². The highest BCUT2D eigenvalue weighted by Gasteiger charge is 2.35. The monoisotopic (exact) mass is 216 g/mol. The van der Waals surface area contributed by atoms with Gasteiger partial charge in [0.25, 0.3) is 0 Å². The zero-order valence-corrected chi connectivity index (χ0v) is 8.83. The summed E-state index contributed by atoms with van der Waals surface area (Å²) >= 11 is 5.57. The minimum Gasteiger partial charge on any atom is -0.373 e. The fourth-order valence-corrected chi connectivity index (χ4v) is 1.64. The van der Waals surface area contributed by atoms with E-state index in [1.54, 1.807) is 7.11 Å². The van der Waals surface area contributed by atoms with Crippen molar-refractivity contribution in [3.8, 4) is 0 Å². The van der Waals surface area contributed by atoms with E-state index < -0.39 is 0 Å². The van der Waals surface area contributed by atoms with Crippen LogP contribution in [0.3, 0.4) is 0 Å². The third-order valence-electron chi connectivity index (χ3n) is 2.35. The van der Waals surface area contributed by atoms with E-state index in [4.69, 9.17) is 20.9 Å². The second-order valence-electron chi connectivity index (χ2n) is 3.48.